The first-order chi connectivity index (χ1) is 10.0. The zero-order chi connectivity index (χ0) is 15.5. The van der Waals surface area contributed by atoms with Crippen molar-refractivity contribution in [3.05, 3.63) is 69.5 Å². The Labute approximate surface area is 143 Å². The lowest BCUT2D eigenvalue weighted by atomic mass is 9.78. The lowest BCUT2D eigenvalue weighted by molar-refractivity contribution is 0.534. The van der Waals surface area contributed by atoms with E-state index in [0.29, 0.717) is 16.5 Å². The molecular formula is C16H13Cl4F. The maximum absolute atomic E-state index is 13.1. The van der Waals surface area contributed by atoms with Crippen molar-refractivity contribution in [2.24, 2.45) is 0 Å². The molecule has 0 spiro atoms. The Kier molecular flexibility index (Phi) is 5.79. The summed E-state index contributed by atoms with van der Waals surface area (Å²) in [5, 5.41) is 1.15. The number of halogens is 5. The molecule has 0 aliphatic carbocycles. The zero-order valence-electron chi connectivity index (χ0n) is 11.1. The van der Waals surface area contributed by atoms with Crippen LogP contribution in [0.1, 0.15) is 11.1 Å². The van der Waals surface area contributed by atoms with Crippen molar-refractivity contribution < 1.29 is 4.39 Å². The Balaban J connectivity index is 2.45. The third kappa shape index (κ3) is 3.65. The van der Waals surface area contributed by atoms with E-state index in [2.05, 4.69) is 0 Å². The topological polar surface area (TPSA) is 0 Å². The monoisotopic (exact) mass is 364 g/mol. The van der Waals surface area contributed by atoms with Gasteiger partial charge in [-0.2, -0.15) is 0 Å². The van der Waals surface area contributed by atoms with Crippen LogP contribution in [-0.4, -0.2) is 11.8 Å². The van der Waals surface area contributed by atoms with Crippen LogP contribution >= 0.6 is 46.4 Å². The summed E-state index contributed by atoms with van der Waals surface area (Å²) in [7, 11) is 0. The van der Waals surface area contributed by atoms with Crippen LogP contribution in [-0.2, 0) is 11.8 Å². The number of rotatable bonds is 5. The molecule has 0 fully saturated rings. The Morgan fingerprint density at radius 2 is 1.38 bits per heavy atom. The Bertz CT molecular complexity index is 586. The molecule has 0 nitrogen and oxygen atoms in total. The minimum Gasteiger partial charge on any atom is -0.207 e. The van der Waals surface area contributed by atoms with Crippen LogP contribution in [0.4, 0.5) is 4.39 Å². The highest BCUT2D eigenvalue weighted by Crippen LogP contribution is 2.36. The van der Waals surface area contributed by atoms with E-state index in [1.54, 1.807) is 30.3 Å². The van der Waals surface area contributed by atoms with E-state index in [9.17, 15) is 4.39 Å². The Morgan fingerprint density at radius 1 is 0.857 bits per heavy atom. The van der Waals surface area contributed by atoms with Crippen LogP contribution in [0.15, 0.2) is 42.5 Å². The molecule has 0 bridgehead atoms. The fourth-order valence-electron chi connectivity index (χ4n) is 2.23. The van der Waals surface area contributed by atoms with Crippen LogP contribution in [0.3, 0.4) is 0 Å². The lowest BCUT2D eigenvalue weighted by Crippen LogP contribution is -2.33. The molecule has 0 aromatic heterocycles. The van der Waals surface area contributed by atoms with Crippen molar-refractivity contribution >= 4 is 46.4 Å². The van der Waals surface area contributed by atoms with Crippen molar-refractivity contribution in [3.63, 3.8) is 0 Å². The summed E-state index contributed by atoms with van der Waals surface area (Å²) in [5.41, 5.74) is 1.11. The van der Waals surface area contributed by atoms with Gasteiger partial charge in [0.25, 0.3) is 0 Å². The SMILES string of the molecule is Fc1ccc(C(CCl)(CCl)Cc2c(Cl)cccc2Cl)cc1. The molecule has 0 N–H and O–H groups in total. The van der Waals surface area contributed by atoms with Gasteiger partial charge < -0.3 is 0 Å². The molecule has 0 heterocycles. The van der Waals surface area contributed by atoms with Crippen LogP contribution < -0.4 is 0 Å². The first-order valence-electron chi connectivity index (χ1n) is 6.33. The van der Waals surface area contributed by atoms with E-state index in [0.717, 1.165) is 11.1 Å². The second-order valence-corrected chi connectivity index (χ2v) is 6.28. The minimum atomic E-state index is -0.550. The van der Waals surface area contributed by atoms with Crippen molar-refractivity contribution in [3.8, 4) is 0 Å². The predicted molar refractivity (Wildman–Crippen MR) is 89.7 cm³/mol. The summed E-state index contributed by atoms with van der Waals surface area (Å²) >= 11 is 24.8. The predicted octanol–water partition coefficient (Wildman–Crippen LogP) is 6.09. The molecule has 0 aliphatic heterocycles. The third-order valence-corrected chi connectivity index (χ3v) is 5.28. The summed E-state index contributed by atoms with van der Waals surface area (Å²) < 4.78 is 13.1. The summed E-state index contributed by atoms with van der Waals surface area (Å²) in [5.74, 6) is 0.264. The average Bonchev–Trinajstić information content (AvgIpc) is 2.49. The van der Waals surface area contributed by atoms with Crippen LogP contribution in [0.2, 0.25) is 10.0 Å². The number of benzene rings is 2. The van der Waals surface area contributed by atoms with Gasteiger partial charge in [-0.15, -0.1) is 23.2 Å². The van der Waals surface area contributed by atoms with Gasteiger partial charge in [-0.05, 0) is 41.8 Å². The molecule has 112 valence electrons. The van der Waals surface area contributed by atoms with Gasteiger partial charge in [0.2, 0.25) is 0 Å². The van der Waals surface area contributed by atoms with Gasteiger partial charge in [0.05, 0.1) is 0 Å². The average molecular weight is 366 g/mol. The van der Waals surface area contributed by atoms with Gasteiger partial charge in [-0.1, -0.05) is 41.4 Å². The molecule has 2 rings (SSSR count). The number of hydrogen-bond donors (Lipinski definition) is 0. The maximum Gasteiger partial charge on any atom is 0.123 e. The van der Waals surface area contributed by atoms with E-state index < -0.39 is 5.41 Å². The molecule has 2 aromatic carbocycles. The van der Waals surface area contributed by atoms with E-state index in [1.807, 2.05) is 0 Å². The molecule has 0 radical (unpaired) electrons. The largest absolute Gasteiger partial charge is 0.207 e. The molecule has 0 atom stereocenters. The quantitative estimate of drug-likeness (QED) is 0.562. The molecule has 2 aromatic rings. The molecule has 0 saturated carbocycles. The fourth-order valence-corrected chi connectivity index (χ4v) is 3.54. The molecule has 5 heteroatoms. The fraction of sp³-hybridized carbons (Fsp3) is 0.250. The van der Waals surface area contributed by atoms with E-state index in [4.69, 9.17) is 46.4 Å². The smallest absolute Gasteiger partial charge is 0.123 e. The first-order valence-corrected chi connectivity index (χ1v) is 8.16. The van der Waals surface area contributed by atoms with Crippen molar-refractivity contribution in [2.45, 2.75) is 11.8 Å². The Morgan fingerprint density at radius 3 is 1.86 bits per heavy atom. The van der Waals surface area contributed by atoms with Gasteiger partial charge >= 0.3 is 0 Å². The van der Waals surface area contributed by atoms with E-state index in [-0.39, 0.29) is 17.6 Å². The second-order valence-electron chi connectivity index (χ2n) is 4.93. The van der Waals surface area contributed by atoms with E-state index >= 15 is 0 Å². The highest BCUT2D eigenvalue weighted by Gasteiger charge is 2.32. The summed E-state index contributed by atoms with van der Waals surface area (Å²) in [4.78, 5) is 0. The van der Waals surface area contributed by atoms with Crippen LogP contribution in [0.25, 0.3) is 0 Å². The van der Waals surface area contributed by atoms with Gasteiger partial charge in [0.1, 0.15) is 5.82 Å². The van der Waals surface area contributed by atoms with E-state index in [1.165, 1.54) is 12.1 Å². The molecule has 0 aliphatic rings. The number of alkyl halides is 2. The highest BCUT2D eigenvalue weighted by molar-refractivity contribution is 6.36. The second kappa shape index (κ2) is 7.19. The number of hydrogen-bond acceptors (Lipinski definition) is 0. The summed E-state index contributed by atoms with van der Waals surface area (Å²) in [6, 6.07) is 11.5. The van der Waals surface area contributed by atoms with Crippen molar-refractivity contribution in [1.82, 2.24) is 0 Å². The van der Waals surface area contributed by atoms with Gasteiger partial charge in [-0.3, -0.25) is 0 Å². The summed E-state index contributed by atoms with van der Waals surface area (Å²) in [6.45, 7) is 0. The summed E-state index contributed by atoms with van der Waals surface area (Å²) in [6.07, 6.45) is 0.490. The molecule has 0 unspecified atom stereocenters. The zero-order valence-corrected chi connectivity index (χ0v) is 14.1. The van der Waals surface area contributed by atoms with Crippen molar-refractivity contribution in [2.75, 3.05) is 11.8 Å². The van der Waals surface area contributed by atoms with Crippen LogP contribution in [0.5, 0.6) is 0 Å². The minimum absolute atomic E-state index is 0.281. The first kappa shape index (κ1) is 16.9. The lowest BCUT2D eigenvalue weighted by Gasteiger charge is -2.31. The van der Waals surface area contributed by atoms with Gasteiger partial charge in [0, 0.05) is 27.2 Å². The maximum atomic E-state index is 13.1. The molecule has 21 heavy (non-hydrogen) atoms. The highest BCUT2D eigenvalue weighted by atomic mass is 35.5. The molecule has 0 saturated heterocycles. The Hall–Kier alpha value is -0.470. The molecular weight excluding hydrogens is 353 g/mol. The van der Waals surface area contributed by atoms with Crippen molar-refractivity contribution in [1.29, 1.82) is 0 Å². The third-order valence-electron chi connectivity index (χ3n) is 3.55. The van der Waals surface area contributed by atoms with Crippen LogP contribution in [0, 0.1) is 5.82 Å². The molecule has 0 amide bonds. The van der Waals surface area contributed by atoms with Gasteiger partial charge in [-0.25, -0.2) is 4.39 Å². The van der Waals surface area contributed by atoms with Gasteiger partial charge in [0.15, 0.2) is 0 Å². The standard InChI is InChI=1S/C16H13Cl4F/c17-9-16(10-18,11-4-6-12(21)7-5-11)8-13-14(19)2-1-3-15(13)20/h1-7H,8-10H2. The normalized spacial score (nSPS) is 11.7.